The summed E-state index contributed by atoms with van der Waals surface area (Å²) in [6.45, 7) is 10.4. The number of ether oxygens (including phenoxy) is 4. The van der Waals surface area contributed by atoms with Gasteiger partial charge in [0.2, 0.25) is 0 Å². The number of hydrogen-bond acceptors (Lipinski definition) is 6. The zero-order valence-electron chi connectivity index (χ0n) is 17.5. The lowest BCUT2D eigenvalue weighted by Crippen LogP contribution is -2.42. The van der Waals surface area contributed by atoms with Gasteiger partial charge >= 0.3 is 0 Å². The Kier molecular flexibility index (Phi) is 17.9. The summed E-state index contributed by atoms with van der Waals surface area (Å²) in [6.07, 6.45) is 3.95. The molecule has 0 amide bonds. The van der Waals surface area contributed by atoms with Crippen LogP contribution in [-0.4, -0.2) is 62.7 Å². The van der Waals surface area contributed by atoms with Gasteiger partial charge in [-0.2, -0.15) is 0 Å². The predicted molar refractivity (Wildman–Crippen MR) is 106 cm³/mol. The SMILES string of the molecule is CCCCOCC(O[C@H](O)[C@H](COCCCC)N=[N+]=[N-])[C@H](C)OCCCC. The molecule has 0 saturated carbocycles. The number of nitrogens with zero attached hydrogens (tertiary/aromatic N) is 3. The largest absolute Gasteiger partial charge is 0.381 e. The molecule has 0 saturated heterocycles. The van der Waals surface area contributed by atoms with Crippen molar-refractivity contribution in [2.24, 2.45) is 5.11 Å². The first-order chi connectivity index (χ1) is 13.1. The fourth-order valence-corrected chi connectivity index (χ4v) is 2.21. The average Bonchev–Trinajstić information content (AvgIpc) is 2.66. The minimum Gasteiger partial charge on any atom is -0.381 e. The van der Waals surface area contributed by atoms with E-state index in [4.69, 9.17) is 24.5 Å². The molecule has 0 fully saturated rings. The van der Waals surface area contributed by atoms with Gasteiger partial charge in [0.05, 0.1) is 19.3 Å². The van der Waals surface area contributed by atoms with Gasteiger partial charge < -0.3 is 24.1 Å². The fourth-order valence-electron chi connectivity index (χ4n) is 2.21. The lowest BCUT2D eigenvalue weighted by atomic mass is 10.2. The van der Waals surface area contributed by atoms with Gasteiger partial charge in [-0.05, 0) is 31.7 Å². The molecule has 0 spiro atoms. The van der Waals surface area contributed by atoms with E-state index in [0.717, 1.165) is 38.5 Å². The van der Waals surface area contributed by atoms with Crippen LogP contribution >= 0.6 is 0 Å². The fraction of sp³-hybridized carbons (Fsp3) is 1.00. The first-order valence-corrected chi connectivity index (χ1v) is 10.2. The highest BCUT2D eigenvalue weighted by Gasteiger charge is 2.27. The van der Waals surface area contributed by atoms with Crippen LogP contribution in [0, 0.1) is 0 Å². The molecule has 1 unspecified atom stereocenters. The summed E-state index contributed by atoms with van der Waals surface area (Å²) >= 11 is 0. The molecule has 4 atom stereocenters. The van der Waals surface area contributed by atoms with Crippen molar-refractivity contribution in [3.63, 3.8) is 0 Å². The number of rotatable bonds is 19. The van der Waals surface area contributed by atoms with Gasteiger partial charge in [-0.15, -0.1) is 0 Å². The van der Waals surface area contributed by atoms with Crippen molar-refractivity contribution in [2.75, 3.05) is 33.0 Å². The monoisotopic (exact) mass is 389 g/mol. The Labute approximate surface area is 164 Å². The Balaban J connectivity index is 4.70. The van der Waals surface area contributed by atoms with Crippen molar-refractivity contribution in [1.82, 2.24) is 0 Å². The Morgan fingerprint density at radius 2 is 1.48 bits per heavy atom. The Morgan fingerprint density at radius 3 is 2.04 bits per heavy atom. The molecule has 27 heavy (non-hydrogen) atoms. The van der Waals surface area contributed by atoms with Gasteiger partial charge in [-0.1, -0.05) is 45.1 Å². The highest BCUT2D eigenvalue weighted by Crippen LogP contribution is 2.13. The topological polar surface area (TPSA) is 106 Å². The summed E-state index contributed by atoms with van der Waals surface area (Å²) in [7, 11) is 0. The number of hydrogen-bond donors (Lipinski definition) is 1. The maximum Gasteiger partial charge on any atom is 0.165 e. The van der Waals surface area contributed by atoms with Crippen molar-refractivity contribution >= 4 is 0 Å². The van der Waals surface area contributed by atoms with E-state index in [1.54, 1.807) is 0 Å². The summed E-state index contributed by atoms with van der Waals surface area (Å²) in [4.78, 5) is 2.80. The van der Waals surface area contributed by atoms with Crippen LogP contribution in [0.5, 0.6) is 0 Å². The molecule has 8 heteroatoms. The van der Waals surface area contributed by atoms with E-state index in [2.05, 4.69) is 30.8 Å². The molecule has 0 aromatic rings. The molecule has 160 valence electrons. The summed E-state index contributed by atoms with van der Waals surface area (Å²) < 4.78 is 22.7. The van der Waals surface area contributed by atoms with E-state index >= 15 is 0 Å². The Morgan fingerprint density at radius 1 is 0.926 bits per heavy atom. The van der Waals surface area contributed by atoms with Gasteiger partial charge in [0.25, 0.3) is 0 Å². The number of azide groups is 1. The van der Waals surface area contributed by atoms with Gasteiger partial charge in [0.1, 0.15) is 12.1 Å². The van der Waals surface area contributed by atoms with Crippen LogP contribution in [-0.2, 0) is 18.9 Å². The molecular weight excluding hydrogens is 350 g/mol. The maximum atomic E-state index is 10.4. The third-order valence-electron chi connectivity index (χ3n) is 4.10. The lowest BCUT2D eigenvalue weighted by molar-refractivity contribution is -0.198. The molecule has 0 aliphatic rings. The van der Waals surface area contributed by atoms with E-state index in [0.29, 0.717) is 26.4 Å². The smallest absolute Gasteiger partial charge is 0.165 e. The highest BCUT2D eigenvalue weighted by atomic mass is 16.6. The molecule has 0 rings (SSSR count). The highest BCUT2D eigenvalue weighted by molar-refractivity contribution is 4.74. The van der Waals surface area contributed by atoms with Crippen molar-refractivity contribution in [3.05, 3.63) is 10.4 Å². The third kappa shape index (κ3) is 13.9. The summed E-state index contributed by atoms with van der Waals surface area (Å²) in [5.74, 6) is 0. The summed E-state index contributed by atoms with van der Waals surface area (Å²) in [6, 6.07) is -0.812. The second kappa shape index (κ2) is 18.5. The van der Waals surface area contributed by atoms with Crippen LogP contribution in [0.4, 0.5) is 0 Å². The Bertz CT molecular complexity index is 380. The van der Waals surface area contributed by atoms with Crippen LogP contribution in [0.1, 0.15) is 66.2 Å². The normalized spacial score (nSPS) is 15.7. The summed E-state index contributed by atoms with van der Waals surface area (Å²) in [5.41, 5.74) is 8.76. The second-order valence-corrected chi connectivity index (χ2v) is 6.62. The predicted octanol–water partition coefficient (Wildman–Crippen LogP) is 4.21. The molecule has 0 aliphatic heterocycles. The molecule has 0 bridgehead atoms. The number of aliphatic hydroxyl groups excluding tert-OH is 1. The van der Waals surface area contributed by atoms with Crippen LogP contribution in [0.3, 0.4) is 0 Å². The van der Waals surface area contributed by atoms with Crippen molar-refractivity contribution in [1.29, 1.82) is 0 Å². The standard InChI is InChI=1S/C19H39N3O5/c1-5-8-11-24-14-17(21-22-20)19(23)27-18(15-25-12-9-6-2)16(4)26-13-10-7-3/h16-19,23H,5-15H2,1-4H3/t16-,17-,18?,19-/m0/s1. The zero-order chi connectivity index (χ0) is 20.3. The first kappa shape index (κ1) is 26.1. The molecule has 0 aromatic carbocycles. The molecule has 8 nitrogen and oxygen atoms in total. The van der Waals surface area contributed by atoms with Gasteiger partial charge in [0, 0.05) is 24.7 Å². The second-order valence-electron chi connectivity index (χ2n) is 6.62. The molecule has 0 aromatic heterocycles. The van der Waals surface area contributed by atoms with Crippen molar-refractivity contribution in [3.8, 4) is 0 Å². The average molecular weight is 390 g/mol. The van der Waals surface area contributed by atoms with Crippen LogP contribution in [0.2, 0.25) is 0 Å². The van der Waals surface area contributed by atoms with Crippen molar-refractivity contribution in [2.45, 2.75) is 90.8 Å². The van der Waals surface area contributed by atoms with E-state index in [9.17, 15) is 5.11 Å². The minimum absolute atomic E-state index is 0.111. The van der Waals surface area contributed by atoms with Crippen LogP contribution < -0.4 is 0 Å². The van der Waals surface area contributed by atoms with E-state index in [1.165, 1.54) is 0 Å². The maximum absolute atomic E-state index is 10.4. The molecule has 0 radical (unpaired) electrons. The molecule has 0 heterocycles. The van der Waals surface area contributed by atoms with E-state index in [-0.39, 0.29) is 12.7 Å². The lowest BCUT2D eigenvalue weighted by Gasteiger charge is -2.29. The Hall–Kier alpha value is -0.890. The molecule has 0 aliphatic carbocycles. The van der Waals surface area contributed by atoms with Gasteiger partial charge in [-0.3, -0.25) is 0 Å². The quantitative estimate of drug-likeness (QED) is 0.117. The molecule has 1 N–H and O–H groups in total. The first-order valence-electron chi connectivity index (χ1n) is 10.2. The minimum atomic E-state index is -1.28. The van der Waals surface area contributed by atoms with E-state index in [1.807, 2.05) is 6.92 Å². The van der Waals surface area contributed by atoms with Crippen LogP contribution in [0.15, 0.2) is 5.11 Å². The number of aliphatic hydroxyl groups is 1. The number of unbranched alkanes of at least 4 members (excludes halogenated alkanes) is 3. The summed E-state index contributed by atoms with van der Waals surface area (Å²) in [5, 5.41) is 14.0. The van der Waals surface area contributed by atoms with Gasteiger partial charge in [-0.25, -0.2) is 0 Å². The molecular formula is C19H39N3O5. The van der Waals surface area contributed by atoms with Gasteiger partial charge in [0.15, 0.2) is 6.29 Å². The zero-order valence-corrected chi connectivity index (χ0v) is 17.5. The van der Waals surface area contributed by atoms with E-state index < -0.39 is 18.4 Å². The van der Waals surface area contributed by atoms with Crippen LogP contribution in [0.25, 0.3) is 10.4 Å². The third-order valence-corrected chi connectivity index (χ3v) is 4.10. The van der Waals surface area contributed by atoms with Crippen molar-refractivity contribution < 1.29 is 24.1 Å².